The van der Waals surface area contributed by atoms with Gasteiger partial charge in [0.2, 0.25) is 5.54 Å². The molecule has 0 saturated heterocycles. The van der Waals surface area contributed by atoms with Gasteiger partial charge in [-0.2, -0.15) is 13.2 Å². The molecule has 1 unspecified atom stereocenters. The number of carbonyl (C=O) groups is 1. The molecule has 2 rings (SSSR count). The Morgan fingerprint density at radius 2 is 1.82 bits per heavy atom. The highest BCUT2D eigenvalue weighted by Gasteiger charge is 2.61. The minimum atomic E-state index is -4.43. The van der Waals surface area contributed by atoms with Crippen molar-refractivity contribution >= 4 is 12.1 Å². The van der Waals surface area contributed by atoms with E-state index in [0.717, 1.165) is 6.21 Å². The SMILES string of the molecule is CNC(=O)c1ccc(C2(C(F)(F)F)C=N2)cc1. The highest BCUT2D eigenvalue weighted by molar-refractivity contribution is 5.94. The van der Waals surface area contributed by atoms with Crippen molar-refractivity contribution in [2.45, 2.75) is 11.7 Å². The smallest absolute Gasteiger partial charge is 0.355 e. The molecule has 1 amide bonds. The number of rotatable bonds is 2. The lowest BCUT2D eigenvalue weighted by atomic mass is 9.96. The molecule has 0 aliphatic carbocycles. The average molecular weight is 242 g/mol. The van der Waals surface area contributed by atoms with Crippen LogP contribution in [0.1, 0.15) is 15.9 Å². The standard InChI is InChI=1S/C11H9F3N2O/c1-15-9(17)7-2-4-8(5-3-7)10(6-16-10)11(12,13)14/h2-6H,1H3,(H,15,17). The summed E-state index contributed by atoms with van der Waals surface area (Å²) < 4.78 is 38.1. The summed E-state index contributed by atoms with van der Waals surface area (Å²) in [5, 5.41) is 2.39. The lowest BCUT2D eigenvalue weighted by Gasteiger charge is -2.17. The summed E-state index contributed by atoms with van der Waals surface area (Å²) in [6.45, 7) is 0. The van der Waals surface area contributed by atoms with Crippen molar-refractivity contribution in [1.29, 1.82) is 0 Å². The van der Waals surface area contributed by atoms with Gasteiger partial charge in [0.15, 0.2) is 0 Å². The highest BCUT2D eigenvalue weighted by Crippen LogP contribution is 2.47. The van der Waals surface area contributed by atoms with E-state index in [1.807, 2.05) is 0 Å². The molecule has 1 aromatic carbocycles. The zero-order chi connectivity index (χ0) is 12.7. The van der Waals surface area contributed by atoms with Crippen LogP contribution >= 0.6 is 0 Å². The van der Waals surface area contributed by atoms with Gasteiger partial charge >= 0.3 is 6.18 Å². The van der Waals surface area contributed by atoms with Crippen molar-refractivity contribution in [3.05, 3.63) is 35.4 Å². The molecule has 1 aliphatic rings. The molecule has 0 aromatic heterocycles. The molecule has 1 N–H and O–H groups in total. The molecule has 17 heavy (non-hydrogen) atoms. The van der Waals surface area contributed by atoms with Crippen LogP contribution in [0.2, 0.25) is 0 Å². The number of alkyl halides is 3. The van der Waals surface area contributed by atoms with Gasteiger partial charge in [-0.3, -0.25) is 9.79 Å². The summed E-state index contributed by atoms with van der Waals surface area (Å²) in [6.07, 6.45) is -3.57. The van der Waals surface area contributed by atoms with Crippen molar-refractivity contribution in [2.24, 2.45) is 4.99 Å². The van der Waals surface area contributed by atoms with E-state index >= 15 is 0 Å². The third-order valence-corrected chi connectivity index (χ3v) is 2.63. The number of amides is 1. The minimum absolute atomic E-state index is 0.0256. The van der Waals surface area contributed by atoms with Crippen molar-refractivity contribution in [1.82, 2.24) is 5.32 Å². The van der Waals surface area contributed by atoms with Crippen LogP contribution in [0.25, 0.3) is 0 Å². The van der Waals surface area contributed by atoms with Crippen molar-refractivity contribution in [3.8, 4) is 0 Å². The van der Waals surface area contributed by atoms with E-state index in [0.29, 0.717) is 5.56 Å². The van der Waals surface area contributed by atoms with Gasteiger partial charge in [0.05, 0.1) is 0 Å². The number of nitrogens with one attached hydrogen (secondary N) is 1. The van der Waals surface area contributed by atoms with E-state index in [4.69, 9.17) is 0 Å². The molecule has 0 spiro atoms. The summed E-state index contributed by atoms with van der Waals surface area (Å²) >= 11 is 0. The maximum Gasteiger partial charge on any atom is 0.422 e. The normalized spacial score (nSPS) is 22.4. The summed E-state index contributed by atoms with van der Waals surface area (Å²) in [5.74, 6) is -0.339. The van der Waals surface area contributed by atoms with Crippen LogP contribution in [0.5, 0.6) is 0 Å². The van der Waals surface area contributed by atoms with Crippen molar-refractivity contribution in [2.75, 3.05) is 7.05 Å². The number of halogens is 3. The first-order chi connectivity index (χ1) is 7.90. The van der Waals surface area contributed by atoms with Gasteiger partial charge in [0, 0.05) is 18.8 Å². The Morgan fingerprint density at radius 3 is 2.18 bits per heavy atom. The van der Waals surface area contributed by atoms with Crippen LogP contribution in [0, 0.1) is 0 Å². The third kappa shape index (κ3) is 1.79. The summed E-state index contributed by atoms with van der Waals surface area (Å²) in [4.78, 5) is 14.5. The number of nitrogens with zero attached hydrogens (tertiary/aromatic N) is 1. The maximum absolute atomic E-state index is 12.7. The fraction of sp³-hybridized carbons (Fsp3) is 0.273. The largest absolute Gasteiger partial charge is 0.422 e. The Bertz CT molecular complexity index is 470. The first kappa shape index (κ1) is 11.6. The van der Waals surface area contributed by atoms with Crippen LogP contribution in [0.4, 0.5) is 13.2 Å². The molecule has 0 radical (unpaired) electrons. The number of hydrogen-bond donors (Lipinski definition) is 1. The number of aliphatic imine (C=N–C) groups is 1. The van der Waals surface area contributed by atoms with Crippen molar-refractivity contribution in [3.63, 3.8) is 0 Å². The Labute approximate surface area is 95.4 Å². The molecule has 0 bridgehead atoms. The Hall–Kier alpha value is -1.85. The van der Waals surface area contributed by atoms with Crippen LogP contribution in [0.3, 0.4) is 0 Å². The maximum atomic E-state index is 12.7. The third-order valence-electron chi connectivity index (χ3n) is 2.63. The van der Waals surface area contributed by atoms with Crippen LogP contribution in [-0.4, -0.2) is 25.3 Å². The van der Waals surface area contributed by atoms with Crippen LogP contribution < -0.4 is 5.32 Å². The topological polar surface area (TPSA) is 41.5 Å². The molecule has 3 nitrogen and oxygen atoms in total. The molecular formula is C11H9F3N2O. The molecule has 1 heterocycles. The first-order valence-electron chi connectivity index (χ1n) is 4.86. The summed E-state index contributed by atoms with van der Waals surface area (Å²) in [6, 6.07) is 5.24. The van der Waals surface area contributed by atoms with Crippen molar-refractivity contribution < 1.29 is 18.0 Å². The fourth-order valence-electron chi connectivity index (χ4n) is 1.54. The Balaban J connectivity index is 2.28. The number of hydrogen-bond acceptors (Lipinski definition) is 2. The molecule has 0 saturated carbocycles. The number of carbonyl (C=O) groups excluding carboxylic acids is 1. The lowest BCUT2D eigenvalue weighted by molar-refractivity contribution is -0.156. The zero-order valence-electron chi connectivity index (χ0n) is 8.88. The quantitative estimate of drug-likeness (QED) is 0.845. The van der Waals surface area contributed by atoms with Gasteiger partial charge < -0.3 is 5.32 Å². The molecule has 6 heteroatoms. The van der Waals surface area contributed by atoms with Gasteiger partial charge in [-0.1, -0.05) is 12.1 Å². The average Bonchev–Trinajstić information content (AvgIpc) is 3.08. The van der Waals surface area contributed by atoms with Gasteiger partial charge in [0.25, 0.3) is 5.91 Å². The molecule has 0 fully saturated rings. The zero-order valence-corrected chi connectivity index (χ0v) is 8.88. The highest BCUT2D eigenvalue weighted by atomic mass is 19.4. The van der Waals surface area contributed by atoms with E-state index in [9.17, 15) is 18.0 Å². The predicted molar refractivity (Wildman–Crippen MR) is 56.1 cm³/mol. The summed E-state index contributed by atoms with van der Waals surface area (Å²) in [7, 11) is 1.46. The predicted octanol–water partition coefficient (Wildman–Crippen LogP) is 1.89. The molecule has 90 valence electrons. The van der Waals surface area contributed by atoms with E-state index < -0.39 is 11.7 Å². The van der Waals surface area contributed by atoms with Crippen LogP contribution in [-0.2, 0) is 5.54 Å². The second-order valence-electron chi connectivity index (χ2n) is 3.68. The molecule has 1 atom stereocenters. The van der Waals surface area contributed by atoms with Gasteiger partial charge in [0.1, 0.15) is 0 Å². The van der Waals surface area contributed by atoms with Crippen LogP contribution in [0.15, 0.2) is 29.3 Å². The van der Waals surface area contributed by atoms with Gasteiger partial charge in [-0.05, 0) is 17.7 Å². The van der Waals surface area contributed by atoms with E-state index in [1.165, 1.54) is 31.3 Å². The van der Waals surface area contributed by atoms with E-state index in [1.54, 1.807) is 0 Å². The van der Waals surface area contributed by atoms with Gasteiger partial charge in [-0.15, -0.1) is 0 Å². The monoisotopic (exact) mass is 242 g/mol. The van der Waals surface area contributed by atoms with Gasteiger partial charge in [-0.25, -0.2) is 0 Å². The first-order valence-corrected chi connectivity index (χ1v) is 4.86. The fourth-order valence-corrected chi connectivity index (χ4v) is 1.54. The Kier molecular flexibility index (Phi) is 2.45. The second-order valence-corrected chi connectivity index (χ2v) is 3.68. The minimum Gasteiger partial charge on any atom is -0.355 e. The molecule has 1 aliphatic heterocycles. The molecular weight excluding hydrogens is 233 g/mol. The van der Waals surface area contributed by atoms with E-state index in [2.05, 4.69) is 10.3 Å². The molecule has 1 aromatic rings. The Morgan fingerprint density at radius 1 is 1.29 bits per heavy atom. The number of benzene rings is 1. The second kappa shape index (κ2) is 3.58. The lowest BCUT2D eigenvalue weighted by Crippen LogP contribution is -2.32. The van der Waals surface area contributed by atoms with E-state index in [-0.39, 0.29) is 11.5 Å². The summed E-state index contributed by atoms with van der Waals surface area (Å²) in [5.41, 5.74) is -1.83.